The zero-order chi connectivity index (χ0) is 19.8. The molecule has 0 saturated heterocycles. The molecule has 146 valence electrons. The van der Waals surface area contributed by atoms with Gasteiger partial charge in [0.25, 0.3) is 10.0 Å². The van der Waals surface area contributed by atoms with Crippen molar-refractivity contribution in [2.24, 2.45) is 0 Å². The monoisotopic (exact) mass is 392 g/mol. The SMILES string of the molecule is COc1ccc(NS(=O)(=O)c2cc(F)ccc2C)c2c1C[C@@H](N(C)C)CC2. The van der Waals surface area contributed by atoms with Crippen LogP contribution in [0, 0.1) is 12.7 Å². The molecule has 0 bridgehead atoms. The second-order valence-electron chi connectivity index (χ2n) is 7.15. The third-order valence-electron chi connectivity index (χ3n) is 5.19. The summed E-state index contributed by atoms with van der Waals surface area (Å²) in [6.45, 7) is 1.65. The van der Waals surface area contributed by atoms with E-state index in [1.165, 1.54) is 12.1 Å². The van der Waals surface area contributed by atoms with E-state index in [2.05, 4.69) is 9.62 Å². The fourth-order valence-corrected chi connectivity index (χ4v) is 4.97. The van der Waals surface area contributed by atoms with Gasteiger partial charge < -0.3 is 9.64 Å². The first-order chi connectivity index (χ1) is 12.7. The Hall–Kier alpha value is -2.12. The molecule has 1 N–H and O–H groups in total. The topological polar surface area (TPSA) is 58.6 Å². The zero-order valence-corrected chi connectivity index (χ0v) is 16.9. The minimum Gasteiger partial charge on any atom is -0.496 e. The third-order valence-corrected chi connectivity index (χ3v) is 6.70. The van der Waals surface area contributed by atoms with Crippen LogP contribution in [0.5, 0.6) is 5.75 Å². The van der Waals surface area contributed by atoms with E-state index in [0.717, 1.165) is 42.2 Å². The van der Waals surface area contributed by atoms with Crippen LogP contribution in [0.25, 0.3) is 0 Å². The van der Waals surface area contributed by atoms with Gasteiger partial charge in [-0.1, -0.05) is 6.07 Å². The molecule has 0 radical (unpaired) electrons. The van der Waals surface area contributed by atoms with Gasteiger partial charge in [-0.25, -0.2) is 12.8 Å². The highest BCUT2D eigenvalue weighted by Crippen LogP contribution is 2.36. The summed E-state index contributed by atoms with van der Waals surface area (Å²) in [6, 6.07) is 7.66. The van der Waals surface area contributed by atoms with Crippen molar-refractivity contribution in [2.45, 2.75) is 37.1 Å². The van der Waals surface area contributed by atoms with Crippen molar-refractivity contribution < 1.29 is 17.5 Å². The van der Waals surface area contributed by atoms with Crippen LogP contribution < -0.4 is 9.46 Å². The second kappa shape index (κ2) is 7.48. The lowest BCUT2D eigenvalue weighted by atomic mass is 9.86. The molecule has 0 saturated carbocycles. The van der Waals surface area contributed by atoms with E-state index in [0.29, 0.717) is 17.3 Å². The van der Waals surface area contributed by atoms with Gasteiger partial charge in [0.1, 0.15) is 11.6 Å². The molecule has 1 aliphatic carbocycles. The Bertz CT molecular complexity index is 958. The lowest BCUT2D eigenvalue weighted by molar-refractivity contribution is 0.265. The average Bonchev–Trinajstić information content (AvgIpc) is 2.63. The molecule has 0 heterocycles. The van der Waals surface area contributed by atoms with Crippen LogP contribution in [-0.4, -0.2) is 40.6 Å². The number of fused-ring (bicyclic) bond motifs is 1. The zero-order valence-electron chi connectivity index (χ0n) is 16.0. The molecule has 3 rings (SSSR count). The molecule has 2 aromatic carbocycles. The van der Waals surface area contributed by atoms with Gasteiger partial charge in [0.2, 0.25) is 0 Å². The number of anilines is 1. The Kier molecular flexibility index (Phi) is 5.44. The molecule has 0 spiro atoms. The van der Waals surface area contributed by atoms with E-state index in [1.54, 1.807) is 26.2 Å². The van der Waals surface area contributed by atoms with Crippen LogP contribution in [0.1, 0.15) is 23.1 Å². The van der Waals surface area contributed by atoms with Gasteiger partial charge in [-0.2, -0.15) is 0 Å². The fraction of sp³-hybridized carbons (Fsp3) is 0.400. The van der Waals surface area contributed by atoms with Crippen molar-refractivity contribution in [1.82, 2.24) is 4.90 Å². The summed E-state index contributed by atoms with van der Waals surface area (Å²) in [6.07, 6.45) is 2.47. The van der Waals surface area contributed by atoms with Crippen LogP contribution in [0.2, 0.25) is 0 Å². The van der Waals surface area contributed by atoms with Gasteiger partial charge in [-0.3, -0.25) is 4.72 Å². The number of nitrogens with one attached hydrogen (secondary N) is 1. The quantitative estimate of drug-likeness (QED) is 0.848. The lowest BCUT2D eigenvalue weighted by Crippen LogP contribution is -2.34. The smallest absolute Gasteiger partial charge is 0.262 e. The Morgan fingerprint density at radius 3 is 2.59 bits per heavy atom. The molecule has 0 aromatic heterocycles. The van der Waals surface area contributed by atoms with Crippen molar-refractivity contribution in [3.05, 3.63) is 52.8 Å². The number of aryl methyl sites for hydroxylation is 1. The Labute approximate surface area is 160 Å². The number of nitrogens with zero attached hydrogens (tertiary/aromatic N) is 1. The molecule has 0 fully saturated rings. The van der Waals surface area contributed by atoms with Crippen molar-refractivity contribution in [1.29, 1.82) is 0 Å². The largest absolute Gasteiger partial charge is 0.496 e. The van der Waals surface area contributed by atoms with E-state index in [9.17, 15) is 12.8 Å². The number of hydrogen-bond acceptors (Lipinski definition) is 4. The number of rotatable bonds is 5. The number of hydrogen-bond donors (Lipinski definition) is 1. The summed E-state index contributed by atoms with van der Waals surface area (Å²) >= 11 is 0. The summed E-state index contributed by atoms with van der Waals surface area (Å²) in [5.74, 6) is 0.188. The first-order valence-corrected chi connectivity index (χ1v) is 10.4. The van der Waals surface area contributed by atoms with E-state index in [1.807, 2.05) is 14.1 Å². The minimum atomic E-state index is -3.89. The Morgan fingerprint density at radius 1 is 1.19 bits per heavy atom. The van der Waals surface area contributed by atoms with Crippen LogP contribution in [-0.2, 0) is 22.9 Å². The van der Waals surface area contributed by atoms with Gasteiger partial charge in [0.15, 0.2) is 0 Å². The summed E-state index contributed by atoms with van der Waals surface area (Å²) in [5.41, 5.74) is 3.01. The predicted octanol–water partition coefficient (Wildman–Crippen LogP) is 3.36. The number of benzene rings is 2. The molecule has 7 heteroatoms. The number of halogens is 1. The molecule has 2 aromatic rings. The summed E-state index contributed by atoms with van der Waals surface area (Å²) < 4.78 is 47.5. The van der Waals surface area contributed by atoms with Crippen LogP contribution in [0.4, 0.5) is 10.1 Å². The van der Waals surface area contributed by atoms with Gasteiger partial charge in [-0.05, 0) is 75.7 Å². The van der Waals surface area contributed by atoms with E-state index in [4.69, 9.17) is 4.74 Å². The first kappa shape index (κ1) is 19.6. The van der Waals surface area contributed by atoms with Crippen molar-refractivity contribution in [2.75, 3.05) is 25.9 Å². The van der Waals surface area contributed by atoms with Gasteiger partial charge in [-0.15, -0.1) is 0 Å². The summed E-state index contributed by atoms with van der Waals surface area (Å²) in [7, 11) is 1.82. The van der Waals surface area contributed by atoms with Crippen molar-refractivity contribution >= 4 is 15.7 Å². The Balaban J connectivity index is 2.01. The van der Waals surface area contributed by atoms with Gasteiger partial charge in [0.05, 0.1) is 17.7 Å². The molecule has 27 heavy (non-hydrogen) atoms. The normalized spacial score (nSPS) is 16.9. The Morgan fingerprint density at radius 2 is 1.93 bits per heavy atom. The maximum atomic E-state index is 13.6. The van der Waals surface area contributed by atoms with E-state index in [-0.39, 0.29) is 4.90 Å². The molecule has 0 aliphatic heterocycles. The summed E-state index contributed by atoms with van der Waals surface area (Å²) in [5, 5.41) is 0. The minimum absolute atomic E-state index is 0.0472. The number of methoxy groups -OCH3 is 1. The van der Waals surface area contributed by atoms with Gasteiger partial charge >= 0.3 is 0 Å². The third kappa shape index (κ3) is 3.94. The van der Waals surface area contributed by atoms with Crippen molar-refractivity contribution in [3.63, 3.8) is 0 Å². The number of likely N-dealkylation sites (N-methyl/N-ethyl adjacent to an activating group) is 1. The predicted molar refractivity (Wildman–Crippen MR) is 104 cm³/mol. The highest BCUT2D eigenvalue weighted by atomic mass is 32.2. The number of sulfonamides is 1. The van der Waals surface area contributed by atoms with E-state index < -0.39 is 15.8 Å². The van der Waals surface area contributed by atoms with Crippen molar-refractivity contribution in [3.8, 4) is 5.75 Å². The lowest BCUT2D eigenvalue weighted by Gasteiger charge is -2.32. The standard InChI is InChI=1S/C20H25FN2O3S/c1-13-5-6-14(21)11-20(13)27(24,25)22-18-9-10-19(26-4)17-12-15(23(2)3)7-8-16(17)18/h5-6,9-11,15,22H,7-8,12H2,1-4H3/t15-/m0/s1. The molecule has 1 aliphatic rings. The van der Waals surface area contributed by atoms with Gasteiger partial charge in [0, 0.05) is 11.6 Å². The maximum absolute atomic E-state index is 13.6. The average molecular weight is 392 g/mol. The first-order valence-electron chi connectivity index (χ1n) is 8.87. The molecule has 1 atom stereocenters. The molecule has 5 nitrogen and oxygen atoms in total. The van der Waals surface area contributed by atoms with Crippen LogP contribution in [0.3, 0.4) is 0 Å². The fourth-order valence-electron chi connectivity index (χ4n) is 3.62. The second-order valence-corrected chi connectivity index (χ2v) is 8.80. The molecule has 0 unspecified atom stereocenters. The molecule has 0 amide bonds. The highest BCUT2D eigenvalue weighted by Gasteiger charge is 2.27. The maximum Gasteiger partial charge on any atom is 0.262 e. The van der Waals surface area contributed by atoms with Crippen LogP contribution >= 0.6 is 0 Å². The summed E-state index contributed by atoms with van der Waals surface area (Å²) in [4.78, 5) is 2.13. The highest BCUT2D eigenvalue weighted by molar-refractivity contribution is 7.92. The van der Waals surface area contributed by atoms with Crippen LogP contribution in [0.15, 0.2) is 35.2 Å². The van der Waals surface area contributed by atoms with E-state index >= 15 is 0 Å². The number of ether oxygens (including phenoxy) is 1. The molecular formula is C20H25FN2O3S. The molecular weight excluding hydrogens is 367 g/mol.